The summed E-state index contributed by atoms with van der Waals surface area (Å²) < 4.78 is 0. The first-order valence-electron chi connectivity index (χ1n) is 6.14. The normalized spacial score (nSPS) is 19.7. The van der Waals surface area contributed by atoms with Crippen LogP contribution in [0.5, 0.6) is 0 Å². The van der Waals surface area contributed by atoms with E-state index in [1.165, 1.54) is 19.3 Å². The molecular formula is C12H15N5S. The summed E-state index contributed by atoms with van der Waals surface area (Å²) in [6.07, 6.45) is 8.74. The second-order valence-electron chi connectivity index (χ2n) is 4.30. The number of rotatable bonds is 3. The van der Waals surface area contributed by atoms with Crippen LogP contribution in [0.1, 0.15) is 31.0 Å². The largest absolute Gasteiger partial charge is 0.315 e. The molecule has 2 N–H and O–H groups in total. The van der Waals surface area contributed by atoms with Crippen LogP contribution >= 0.6 is 11.3 Å². The molecule has 3 rings (SSSR count). The molecule has 18 heavy (non-hydrogen) atoms. The van der Waals surface area contributed by atoms with Crippen LogP contribution in [0.3, 0.4) is 0 Å². The summed E-state index contributed by atoms with van der Waals surface area (Å²) in [5.41, 5.74) is 1.13. The molecule has 0 saturated carbocycles. The second kappa shape index (κ2) is 5.41. The van der Waals surface area contributed by atoms with Gasteiger partial charge in [-0.15, -0.1) is 11.3 Å². The van der Waals surface area contributed by atoms with E-state index < -0.39 is 0 Å². The van der Waals surface area contributed by atoms with Crippen LogP contribution in [-0.2, 0) is 0 Å². The van der Waals surface area contributed by atoms with E-state index in [0.29, 0.717) is 6.04 Å². The van der Waals surface area contributed by atoms with E-state index in [0.717, 1.165) is 23.2 Å². The van der Waals surface area contributed by atoms with Crippen LogP contribution in [0.4, 0.5) is 10.9 Å². The Hall–Kier alpha value is -1.53. The molecule has 1 fully saturated rings. The Morgan fingerprint density at radius 1 is 1.33 bits per heavy atom. The van der Waals surface area contributed by atoms with Crippen molar-refractivity contribution in [3.63, 3.8) is 0 Å². The standard InChI is InChI=1S/C12H15N5S/c1-2-4-14-9(3-1)10-8-18-12(16-10)17-11-7-13-5-6-15-11/h5-9,14H,1-4H2,(H,15,16,17). The van der Waals surface area contributed by atoms with Crippen molar-refractivity contribution in [1.82, 2.24) is 20.3 Å². The van der Waals surface area contributed by atoms with E-state index in [1.807, 2.05) is 0 Å². The van der Waals surface area contributed by atoms with E-state index in [-0.39, 0.29) is 0 Å². The lowest BCUT2D eigenvalue weighted by atomic mass is 10.0. The fraction of sp³-hybridized carbons (Fsp3) is 0.417. The van der Waals surface area contributed by atoms with Crippen molar-refractivity contribution in [2.24, 2.45) is 0 Å². The van der Waals surface area contributed by atoms with E-state index >= 15 is 0 Å². The van der Waals surface area contributed by atoms with Crippen molar-refractivity contribution < 1.29 is 0 Å². The third-order valence-corrected chi connectivity index (χ3v) is 3.76. The van der Waals surface area contributed by atoms with Crippen LogP contribution in [0.25, 0.3) is 0 Å². The molecule has 2 aromatic heterocycles. The molecule has 1 atom stereocenters. The SMILES string of the molecule is c1cnc(Nc2nc(C3CCCCN3)cs2)cn1. The van der Waals surface area contributed by atoms with E-state index in [1.54, 1.807) is 29.9 Å². The Balaban J connectivity index is 1.69. The molecule has 0 aromatic carbocycles. The lowest BCUT2D eigenvalue weighted by Gasteiger charge is -2.21. The number of nitrogens with zero attached hydrogens (tertiary/aromatic N) is 3. The summed E-state index contributed by atoms with van der Waals surface area (Å²) >= 11 is 1.61. The number of nitrogens with one attached hydrogen (secondary N) is 2. The van der Waals surface area contributed by atoms with Gasteiger partial charge in [0.25, 0.3) is 0 Å². The number of anilines is 2. The zero-order chi connectivity index (χ0) is 12.2. The molecule has 1 aliphatic heterocycles. The van der Waals surface area contributed by atoms with Crippen LogP contribution in [-0.4, -0.2) is 21.5 Å². The van der Waals surface area contributed by atoms with Gasteiger partial charge in [0.1, 0.15) is 0 Å². The molecule has 94 valence electrons. The van der Waals surface area contributed by atoms with Crippen molar-refractivity contribution in [1.29, 1.82) is 0 Å². The highest BCUT2D eigenvalue weighted by Crippen LogP contribution is 2.27. The minimum absolute atomic E-state index is 0.410. The third kappa shape index (κ3) is 2.65. The quantitative estimate of drug-likeness (QED) is 0.888. The van der Waals surface area contributed by atoms with E-state index in [4.69, 9.17) is 0 Å². The minimum Gasteiger partial charge on any atom is -0.315 e. The van der Waals surface area contributed by atoms with Crippen LogP contribution in [0.2, 0.25) is 0 Å². The predicted molar refractivity (Wildman–Crippen MR) is 72.0 cm³/mol. The molecule has 0 bridgehead atoms. The maximum Gasteiger partial charge on any atom is 0.188 e. The van der Waals surface area contributed by atoms with Crippen molar-refractivity contribution in [2.45, 2.75) is 25.3 Å². The molecule has 0 spiro atoms. The minimum atomic E-state index is 0.410. The molecule has 1 aliphatic rings. The van der Waals surface area contributed by atoms with Crippen molar-refractivity contribution in [2.75, 3.05) is 11.9 Å². The summed E-state index contributed by atoms with van der Waals surface area (Å²) in [7, 11) is 0. The second-order valence-corrected chi connectivity index (χ2v) is 5.15. The smallest absolute Gasteiger partial charge is 0.188 e. The third-order valence-electron chi connectivity index (χ3n) is 2.99. The summed E-state index contributed by atoms with van der Waals surface area (Å²) in [6.45, 7) is 1.09. The first kappa shape index (κ1) is 11.6. The molecule has 1 saturated heterocycles. The molecule has 0 amide bonds. The fourth-order valence-corrected chi connectivity index (χ4v) is 2.85. The number of hydrogen-bond acceptors (Lipinski definition) is 6. The van der Waals surface area contributed by atoms with Gasteiger partial charge >= 0.3 is 0 Å². The average Bonchev–Trinajstić information content (AvgIpc) is 2.89. The van der Waals surface area contributed by atoms with Gasteiger partial charge in [0.15, 0.2) is 10.9 Å². The van der Waals surface area contributed by atoms with Gasteiger partial charge < -0.3 is 10.6 Å². The van der Waals surface area contributed by atoms with E-state index in [9.17, 15) is 0 Å². The maximum atomic E-state index is 4.61. The van der Waals surface area contributed by atoms with Crippen molar-refractivity contribution in [3.05, 3.63) is 29.7 Å². The summed E-state index contributed by atoms with van der Waals surface area (Å²) in [4.78, 5) is 12.8. The predicted octanol–water partition coefficient (Wildman–Crippen LogP) is 2.49. The maximum absolute atomic E-state index is 4.61. The number of aromatic nitrogens is 3. The summed E-state index contributed by atoms with van der Waals surface area (Å²) in [5.74, 6) is 0.731. The molecule has 1 unspecified atom stereocenters. The Morgan fingerprint density at radius 3 is 3.11 bits per heavy atom. The molecule has 0 radical (unpaired) electrons. The summed E-state index contributed by atoms with van der Waals surface area (Å²) in [5, 5.41) is 9.66. The molecule has 5 nitrogen and oxygen atoms in total. The van der Waals surface area contributed by atoms with Gasteiger partial charge in [-0.1, -0.05) is 6.42 Å². The number of hydrogen-bond donors (Lipinski definition) is 2. The lowest BCUT2D eigenvalue weighted by molar-refractivity contribution is 0.407. The van der Waals surface area contributed by atoms with Gasteiger partial charge in [0.2, 0.25) is 0 Å². The van der Waals surface area contributed by atoms with Gasteiger partial charge in [0.05, 0.1) is 17.9 Å². The monoisotopic (exact) mass is 261 g/mol. The highest BCUT2D eigenvalue weighted by atomic mass is 32.1. The van der Waals surface area contributed by atoms with Gasteiger partial charge in [-0.25, -0.2) is 9.97 Å². The number of piperidine rings is 1. The van der Waals surface area contributed by atoms with Gasteiger partial charge in [-0.05, 0) is 19.4 Å². The molecule has 6 heteroatoms. The van der Waals surface area contributed by atoms with Gasteiger partial charge in [-0.2, -0.15) is 0 Å². The Bertz CT molecular complexity index is 492. The molecular weight excluding hydrogens is 246 g/mol. The molecule has 3 heterocycles. The number of thiazole rings is 1. The van der Waals surface area contributed by atoms with Crippen molar-refractivity contribution in [3.8, 4) is 0 Å². The summed E-state index contributed by atoms with van der Waals surface area (Å²) in [6, 6.07) is 0.410. The van der Waals surface area contributed by atoms with Crippen LogP contribution < -0.4 is 10.6 Å². The molecule has 2 aromatic rings. The Kier molecular flexibility index (Phi) is 3.47. The van der Waals surface area contributed by atoms with Gasteiger partial charge in [0, 0.05) is 17.8 Å². The van der Waals surface area contributed by atoms with Gasteiger partial charge in [-0.3, -0.25) is 4.98 Å². The van der Waals surface area contributed by atoms with Crippen LogP contribution in [0, 0.1) is 0 Å². The Morgan fingerprint density at radius 2 is 2.33 bits per heavy atom. The molecule has 0 aliphatic carbocycles. The van der Waals surface area contributed by atoms with Crippen molar-refractivity contribution >= 4 is 22.3 Å². The lowest BCUT2D eigenvalue weighted by Crippen LogP contribution is -2.26. The van der Waals surface area contributed by atoms with Crippen LogP contribution in [0.15, 0.2) is 24.0 Å². The average molecular weight is 261 g/mol. The first-order chi connectivity index (χ1) is 8.92. The van der Waals surface area contributed by atoms with E-state index in [2.05, 4.69) is 31.0 Å². The zero-order valence-corrected chi connectivity index (χ0v) is 10.8. The topological polar surface area (TPSA) is 62.7 Å². The fourth-order valence-electron chi connectivity index (χ4n) is 2.08. The first-order valence-corrected chi connectivity index (χ1v) is 7.01. The highest BCUT2D eigenvalue weighted by molar-refractivity contribution is 7.13. The highest BCUT2D eigenvalue weighted by Gasteiger charge is 2.17. The Labute approximate surface area is 110 Å². The zero-order valence-electron chi connectivity index (χ0n) is 9.97.